The Morgan fingerprint density at radius 1 is 1.10 bits per heavy atom. The van der Waals surface area contributed by atoms with E-state index in [0.717, 1.165) is 6.07 Å². The van der Waals surface area contributed by atoms with E-state index in [1.165, 1.54) is 10.6 Å². The lowest BCUT2D eigenvalue weighted by atomic mass is 10.2. The van der Waals surface area contributed by atoms with Crippen molar-refractivity contribution in [3.8, 4) is 17.2 Å². The van der Waals surface area contributed by atoms with Gasteiger partial charge in [0.15, 0.2) is 29.1 Å². The Balaban J connectivity index is 1.03. The number of anilines is 3. The second kappa shape index (κ2) is 10.6. The molecule has 0 bridgehead atoms. The van der Waals surface area contributed by atoms with Crippen LogP contribution in [0, 0.1) is 11.6 Å². The lowest BCUT2D eigenvalue weighted by molar-refractivity contribution is 0.134. The van der Waals surface area contributed by atoms with E-state index in [9.17, 15) is 13.2 Å². The van der Waals surface area contributed by atoms with E-state index >= 15 is 0 Å². The molecule has 14 heteroatoms. The smallest absolute Gasteiger partial charge is 0.228 e. The van der Waals surface area contributed by atoms with Crippen LogP contribution in [-0.2, 0) is 0 Å². The first-order valence-electron chi connectivity index (χ1n) is 12.7. The van der Waals surface area contributed by atoms with Crippen molar-refractivity contribution >= 4 is 23.2 Å². The van der Waals surface area contributed by atoms with Gasteiger partial charge < -0.3 is 30.4 Å². The average Bonchev–Trinajstić information content (AvgIpc) is 3.68. The number of nitrogen functional groups attached to an aromatic ring is 1. The minimum Gasteiger partial charge on any atom is -0.483 e. The second-order valence-corrected chi connectivity index (χ2v) is 9.50. The molecule has 0 aliphatic carbocycles. The fourth-order valence-corrected chi connectivity index (χ4v) is 4.82. The van der Waals surface area contributed by atoms with E-state index in [2.05, 4.69) is 30.6 Å². The number of nitrogens with one attached hydrogen (secondary N) is 2. The first kappa shape index (κ1) is 25.2. The van der Waals surface area contributed by atoms with Crippen molar-refractivity contribution in [1.29, 1.82) is 0 Å². The minimum atomic E-state index is -1.24. The molecule has 0 spiro atoms. The highest BCUT2D eigenvalue weighted by Gasteiger charge is 2.30. The molecule has 4 aromatic rings. The minimum absolute atomic E-state index is 0.139. The van der Waals surface area contributed by atoms with Crippen LogP contribution in [0.25, 0.3) is 17.1 Å². The van der Waals surface area contributed by atoms with E-state index in [1.807, 2.05) is 4.90 Å². The van der Waals surface area contributed by atoms with Crippen LogP contribution in [-0.4, -0.2) is 89.1 Å². The van der Waals surface area contributed by atoms with Crippen LogP contribution in [0.2, 0.25) is 0 Å². The molecule has 11 nitrogen and oxygen atoms in total. The molecule has 3 aromatic heterocycles. The van der Waals surface area contributed by atoms with Gasteiger partial charge in [0.2, 0.25) is 11.9 Å². The number of rotatable bonds is 8. The van der Waals surface area contributed by atoms with Crippen LogP contribution < -0.4 is 26.0 Å². The lowest BCUT2D eigenvalue weighted by Crippen LogP contribution is -2.48. The predicted octanol–water partition coefficient (Wildman–Crippen LogP) is 2.17. The van der Waals surface area contributed by atoms with E-state index in [-0.39, 0.29) is 30.5 Å². The number of halogens is 3. The highest BCUT2D eigenvalue weighted by atomic mass is 19.1. The molecule has 2 atom stereocenters. The summed E-state index contributed by atoms with van der Waals surface area (Å²) in [7, 11) is 0. The third kappa shape index (κ3) is 5.29. The number of benzene rings is 1. The van der Waals surface area contributed by atoms with Crippen LogP contribution in [0.1, 0.15) is 0 Å². The molecule has 0 amide bonds. The maximum Gasteiger partial charge on any atom is 0.228 e. The number of aromatic nitrogens is 4. The van der Waals surface area contributed by atoms with Crippen LogP contribution in [0.4, 0.5) is 30.8 Å². The Hall–Kier alpha value is -4.04. The molecule has 5 heterocycles. The van der Waals surface area contributed by atoms with Crippen LogP contribution in [0.3, 0.4) is 0 Å². The van der Waals surface area contributed by atoms with Gasteiger partial charge in [-0.25, -0.2) is 13.2 Å². The number of furan rings is 1. The highest BCUT2D eigenvalue weighted by Crippen LogP contribution is 2.30. The molecule has 0 saturated carbocycles. The number of hydrogen-bond acceptors (Lipinski definition) is 10. The third-order valence-corrected chi connectivity index (χ3v) is 6.91. The molecule has 1 aromatic carbocycles. The molecular formula is C25H28F3N9O2. The molecule has 206 valence electrons. The SMILES string of the molecule is Nc1nc(NCCN2CCN(c3cc(O[C@H]4CNC[C@H]4F)c(F)cc3F)CC2)nc2cc(-c3ccco3)nn12. The van der Waals surface area contributed by atoms with Gasteiger partial charge in [0.1, 0.15) is 17.6 Å². The van der Waals surface area contributed by atoms with Gasteiger partial charge in [-0.15, -0.1) is 0 Å². The van der Waals surface area contributed by atoms with Gasteiger partial charge in [-0.2, -0.15) is 19.6 Å². The number of nitrogens with zero attached hydrogens (tertiary/aromatic N) is 6. The van der Waals surface area contributed by atoms with E-state index in [1.54, 1.807) is 24.5 Å². The van der Waals surface area contributed by atoms with Crippen LogP contribution in [0.15, 0.2) is 41.0 Å². The number of piperazine rings is 1. The molecule has 39 heavy (non-hydrogen) atoms. The van der Waals surface area contributed by atoms with Crippen molar-refractivity contribution in [3.05, 3.63) is 48.2 Å². The fraction of sp³-hybridized carbons (Fsp3) is 0.400. The Labute approximate surface area is 221 Å². The molecular weight excluding hydrogens is 515 g/mol. The summed E-state index contributed by atoms with van der Waals surface area (Å²) in [6.07, 6.45) is -0.465. The topological polar surface area (TPSA) is 122 Å². The fourth-order valence-electron chi connectivity index (χ4n) is 4.82. The van der Waals surface area contributed by atoms with E-state index in [4.69, 9.17) is 14.9 Å². The number of nitrogens with two attached hydrogens (primary N) is 1. The predicted molar refractivity (Wildman–Crippen MR) is 139 cm³/mol. The first-order valence-corrected chi connectivity index (χ1v) is 12.7. The van der Waals surface area contributed by atoms with Gasteiger partial charge in [0.05, 0.1) is 12.0 Å². The Kier molecular flexibility index (Phi) is 6.87. The largest absolute Gasteiger partial charge is 0.483 e. The maximum absolute atomic E-state index is 14.6. The zero-order valence-corrected chi connectivity index (χ0v) is 21.0. The first-order chi connectivity index (χ1) is 18.9. The molecule has 0 unspecified atom stereocenters. The summed E-state index contributed by atoms with van der Waals surface area (Å²) < 4.78 is 55.2. The van der Waals surface area contributed by atoms with Gasteiger partial charge in [0, 0.05) is 70.6 Å². The van der Waals surface area contributed by atoms with Gasteiger partial charge in [-0.1, -0.05) is 0 Å². The maximum atomic E-state index is 14.6. The monoisotopic (exact) mass is 543 g/mol. The molecule has 2 fully saturated rings. The number of ether oxygens (including phenoxy) is 1. The van der Waals surface area contributed by atoms with Crippen molar-refractivity contribution in [3.63, 3.8) is 0 Å². The molecule has 6 rings (SSSR count). The van der Waals surface area contributed by atoms with Crippen molar-refractivity contribution in [2.75, 3.05) is 68.3 Å². The van der Waals surface area contributed by atoms with Crippen molar-refractivity contribution in [2.24, 2.45) is 0 Å². The number of fused-ring (bicyclic) bond motifs is 1. The molecule has 2 aliphatic heterocycles. The number of hydrogen-bond donors (Lipinski definition) is 3. The summed E-state index contributed by atoms with van der Waals surface area (Å²) in [5, 5.41) is 10.4. The van der Waals surface area contributed by atoms with E-state index in [0.29, 0.717) is 62.3 Å². The third-order valence-electron chi connectivity index (χ3n) is 6.91. The van der Waals surface area contributed by atoms with E-state index < -0.39 is 23.9 Å². The summed E-state index contributed by atoms with van der Waals surface area (Å²) >= 11 is 0. The summed E-state index contributed by atoms with van der Waals surface area (Å²) in [6.45, 7) is 4.13. The normalized spacial score (nSPS) is 20.1. The zero-order valence-electron chi connectivity index (χ0n) is 21.0. The Morgan fingerprint density at radius 2 is 1.95 bits per heavy atom. The van der Waals surface area contributed by atoms with Gasteiger partial charge in [-0.05, 0) is 12.1 Å². The van der Waals surface area contributed by atoms with Gasteiger partial charge in [0.25, 0.3) is 0 Å². The second-order valence-electron chi connectivity index (χ2n) is 9.50. The summed E-state index contributed by atoms with van der Waals surface area (Å²) in [6, 6.07) is 7.49. The summed E-state index contributed by atoms with van der Waals surface area (Å²) in [5.41, 5.74) is 7.47. The quantitative estimate of drug-likeness (QED) is 0.305. The molecule has 2 aliphatic rings. The highest BCUT2D eigenvalue weighted by molar-refractivity contribution is 5.61. The molecule has 4 N–H and O–H groups in total. The zero-order chi connectivity index (χ0) is 26.9. The molecule has 2 saturated heterocycles. The average molecular weight is 544 g/mol. The lowest BCUT2D eigenvalue weighted by Gasteiger charge is -2.36. The van der Waals surface area contributed by atoms with Crippen molar-refractivity contribution < 1.29 is 22.3 Å². The van der Waals surface area contributed by atoms with Gasteiger partial charge >= 0.3 is 0 Å². The van der Waals surface area contributed by atoms with Crippen molar-refractivity contribution in [2.45, 2.75) is 12.3 Å². The number of alkyl halides is 1. The molecule has 0 radical (unpaired) electrons. The Bertz CT molecular complexity index is 1440. The van der Waals surface area contributed by atoms with Gasteiger partial charge in [-0.3, -0.25) is 4.90 Å². The van der Waals surface area contributed by atoms with Crippen LogP contribution >= 0.6 is 0 Å². The van der Waals surface area contributed by atoms with Crippen molar-refractivity contribution in [1.82, 2.24) is 29.8 Å². The standard InChI is InChI=1S/C25H28F3N9O2/c26-15-10-16(27)21(39-22-14-30-13-17(22)28)12-19(15)36-7-5-35(6-8-36)4-3-31-25-32-23-11-18(20-2-1-9-38-20)34-37(23)24(29)33-25/h1-2,9-12,17,22,30H,3-8,13-14H2,(H3,29,31,32,33)/t17-,22+/m1/s1. The summed E-state index contributed by atoms with van der Waals surface area (Å²) in [4.78, 5) is 12.8. The summed E-state index contributed by atoms with van der Waals surface area (Å²) in [5.74, 6) is -0.452. The Morgan fingerprint density at radius 3 is 2.69 bits per heavy atom. The van der Waals surface area contributed by atoms with Crippen LogP contribution in [0.5, 0.6) is 5.75 Å².